The first-order chi connectivity index (χ1) is 15.8. The minimum Gasteiger partial charge on any atom is -0.264 e. The smallest absolute Gasteiger partial charge is 0.264 e. The summed E-state index contributed by atoms with van der Waals surface area (Å²) in [5.41, 5.74) is -3.70. The Bertz CT molecular complexity index is 888. The second kappa shape index (κ2) is 10.0. The number of hydrogen-bond acceptors (Lipinski definition) is 3. The summed E-state index contributed by atoms with van der Waals surface area (Å²) in [6.45, 7) is 14.8. The monoisotopic (exact) mass is 543 g/mol. The van der Waals surface area contributed by atoms with E-state index in [1.165, 1.54) is 0 Å². The predicted molar refractivity (Wildman–Crippen MR) is 128 cm³/mol. The molecule has 1 fully saturated rings. The standard InChI is InChI=1S/C24H33ClF6N3P/c1-14(2)33(15(3)4)35(34(16(5)6)17(7)8)22(12-21(22,25)13-32)20-18(23(26,27)28)10-9-11-19(20)24(29,30)31/h9-11,14-17H,12H2,1-8H3/t21-,22-/m1/s1. The van der Waals surface area contributed by atoms with Crippen LogP contribution in [0, 0.1) is 11.3 Å². The van der Waals surface area contributed by atoms with Gasteiger partial charge in [0.15, 0.2) is 0 Å². The molecule has 3 nitrogen and oxygen atoms in total. The number of rotatable bonds is 8. The second-order valence-electron chi connectivity index (χ2n) is 10.1. The minimum atomic E-state index is -5.07. The molecule has 2 atom stereocenters. The lowest BCUT2D eigenvalue weighted by Crippen LogP contribution is -2.47. The summed E-state index contributed by atoms with van der Waals surface area (Å²) < 4.78 is 89.8. The van der Waals surface area contributed by atoms with Gasteiger partial charge in [0.1, 0.15) is 4.87 Å². The van der Waals surface area contributed by atoms with E-state index in [2.05, 4.69) is 0 Å². The Hall–Kier alpha value is -1.07. The maximum Gasteiger partial charge on any atom is 0.416 e. The van der Waals surface area contributed by atoms with Crippen molar-refractivity contribution in [2.45, 2.75) is 108 Å². The first-order valence-corrected chi connectivity index (χ1v) is 13.1. The van der Waals surface area contributed by atoms with Gasteiger partial charge in [0.05, 0.1) is 30.6 Å². The molecular weight excluding hydrogens is 511 g/mol. The minimum absolute atomic E-state index is 0.231. The van der Waals surface area contributed by atoms with Gasteiger partial charge in [-0.3, -0.25) is 9.34 Å². The molecule has 0 radical (unpaired) electrons. The van der Waals surface area contributed by atoms with E-state index in [9.17, 15) is 31.6 Å². The highest BCUT2D eigenvalue weighted by Crippen LogP contribution is 2.82. The Morgan fingerprint density at radius 2 is 1.17 bits per heavy atom. The van der Waals surface area contributed by atoms with Crippen LogP contribution in [0.1, 0.15) is 78.5 Å². The fraction of sp³-hybridized carbons (Fsp3) is 0.708. The molecule has 2 rings (SSSR count). The molecule has 1 aliphatic carbocycles. The number of alkyl halides is 7. The first kappa shape index (κ1) is 30.2. The van der Waals surface area contributed by atoms with Crippen LogP contribution in [0.25, 0.3) is 0 Å². The van der Waals surface area contributed by atoms with Crippen molar-refractivity contribution in [2.75, 3.05) is 0 Å². The van der Waals surface area contributed by atoms with Crippen LogP contribution in [0.4, 0.5) is 26.3 Å². The molecule has 0 N–H and O–H groups in total. The summed E-state index contributed by atoms with van der Waals surface area (Å²) in [5.74, 6) is 0. The van der Waals surface area contributed by atoms with Crippen LogP contribution in [0.3, 0.4) is 0 Å². The molecule has 198 valence electrons. The average Bonchev–Trinajstić information content (AvgIpc) is 3.31. The third-order valence-corrected chi connectivity index (χ3v) is 11.0. The molecule has 0 heterocycles. The van der Waals surface area contributed by atoms with Crippen LogP contribution < -0.4 is 0 Å². The number of benzene rings is 1. The third-order valence-electron chi connectivity index (χ3n) is 6.19. The maximum atomic E-state index is 14.3. The fourth-order valence-corrected chi connectivity index (χ4v) is 9.69. The van der Waals surface area contributed by atoms with Gasteiger partial charge in [0.25, 0.3) is 0 Å². The van der Waals surface area contributed by atoms with Crippen LogP contribution in [-0.2, 0) is 17.5 Å². The Labute approximate surface area is 210 Å². The highest BCUT2D eigenvalue weighted by atomic mass is 35.5. The van der Waals surface area contributed by atoms with Gasteiger partial charge in [0.2, 0.25) is 0 Å². The summed E-state index contributed by atoms with van der Waals surface area (Å²) >= 11 is 6.70. The van der Waals surface area contributed by atoms with Gasteiger partial charge >= 0.3 is 12.4 Å². The molecule has 0 aromatic heterocycles. The van der Waals surface area contributed by atoms with Crippen LogP contribution in [0.5, 0.6) is 0 Å². The van der Waals surface area contributed by atoms with Gasteiger partial charge < -0.3 is 0 Å². The lowest BCUT2D eigenvalue weighted by molar-refractivity contribution is -0.144. The van der Waals surface area contributed by atoms with Gasteiger partial charge in [-0.05, 0) is 79.5 Å². The van der Waals surface area contributed by atoms with E-state index in [4.69, 9.17) is 11.6 Å². The summed E-state index contributed by atoms with van der Waals surface area (Å²) in [6, 6.07) is 3.07. The highest BCUT2D eigenvalue weighted by molar-refractivity contribution is 7.55. The topological polar surface area (TPSA) is 30.3 Å². The Kier molecular flexibility index (Phi) is 8.62. The molecule has 35 heavy (non-hydrogen) atoms. The Balaban J connectivity index is 3.15. The molecule has 0 amide bonds. The summed E-state index contributed by atoms with van der Waals surface area (Å²) in [7, 11) is -1.96. The molecule has 0 saturated heterocycles. The molecule has 0 unspecified atom stereocenters. The molecule has 1 aliphatic rings. The van der Waals surface area contributed by atoms with Crippen LogP contribution in [-0.4, -0.2) is 38.4 Å². The quantitative estimate of drug-likeness (QED) is 0.187. The molecule has 0 aliphatic heterocycles. The Morgan fingerprint density at radius 1 is 0.829 bits per heavy atom. The van der Waals surface area contributed by atoms with Crippen molar-refractivity contribution in [1.29, 1.82) is 5.26 Å². The van der Waals surface area contributed by atoms with E-state index in [1.54, 1.807) is 0 Å². The SMILES string of the molecule is CC(C)N(C(C)C)P(N(C(C)C)C(C)C)[C@@]1(c2c(C(F)(F)F)cccc2C(F)(F)F)C[C@@]1(Cl)C#N. The highest BCUT2D eigenvalue weighted by Gasteiger charge is 2.77. The number of hydrogen-bond donors (Lipinski definition) is 0. The van der Waals surface area contributed by atoms with Crippen molar-refractivity contribution in [2.24, 2.45) is 0 Å². The molecule has 0 spiro atoms. The van der Waals surface area contributed by atoms with E-state index in [-0.39, 0.29) is 30.6 Å². The first-order valence-electron chi connectivity index (χ1n) is 11.5. The van der Waals surface area contributed by atoms with Gasteiger partial charge in [-0.15, -0.1) is 11.6 Å². The van der Waals surface area contributed by atoms with Crippen molar-refractivity contribution in [1.82, 2.24) is 9.34 Å². The molecule has 1 saturated carbocycles. The number of nitrogens with zero attached hydrogens (tertiary/aromatic N) is 3. The lowest BCUT2D eigenvalue weighted by Gasteiger charge is -2.52. The molecule has 1 aromatic carbocycles. The van der Waals surface area contributed by atoms with E-state index < -0.39 is 47.3 Å². The van der Waals surface area contributed by atoms with Gasteiger partial charge in [0, 0.05) is 24.2 Å². The number of nitriles is 1. The molecule has 1 aromatic rings. The van der Waals surface area contributed by atoms with Crippen molar-refractivity contribution < 1.29 is 26.3 Å². The Morgan fingerprint density at radius 3 is 1.40 bits per heavy atom. The number of halogens is 7. The molecule has 0 bridgehead atoms. The van der Waals surface area contributed by atoms with Crippen molar-refractivity contribution in [3.05, 3.63) is 34.9 Å². The van der Waals surface area contributed by atoms with E-state index >= 15 is 0 Å². The van der Waals surface area contributed by atoms with Gasteiger partial charge in [-0.25, -0.2) is 0 Å². The summed E-state index contributed by atoms with van der Waals surface area (Å²) in [4.78, 5) is -1.93. The zero-order chi connectivity index (χ0) is 27.3. The van der Waals surface area contributed by atoms with Gasteiger partial charge in [-0.2, -0.15) is 31.6 Å². The molecular formula is C24H33ClF6N3P. The fourth-order valence-electron chi connectivity index (χ4n) is 5.11. The lowest BCUT2D eigenvalue weighted by atomic mass is 9.94. The predicted octanol–water partition coefficient (Wildman–Crippen LogP) is 8.37. The third kappa shape index (κ3) is 5.32. The zero-order valence-electron chi connectivity index (χ0n) is 21.2. The summed E-state index contributed by atoms with van der Waals surface area (Å²) in [6.07, 6.45) is -10.4. The van der Waals surface area contributed by atoms with E-state index in [0.717, 1.165) is 6.07 Å². The second-order valence-corrected chi connectivity index (χ2v) is 13.0. The van der Waals surface area contributed by atoms with Crippen LogP contribution >= 0.6 is 19.8 Å². The van der Waals surface area contributed by atoms with Crippen LogP contribution in [0.15, 0.2) is 18.2 Å². The van der Waals surface area contributed by atoms with E-state index in [0.29, 0.717) is 12.1 Å². The van der Waals surface area contributed by atoms with Crippen molar-refractivity contribution in [3.63, 3.8) is 0 Å². The van der Waals surface area contributed by atoms with Crippen molar-refractivity contribution >= 4 is 19.8 Å². The largest absolute Gasteiger partial charge is 0.416 e. The van der Waals surface area contributed by atoms with Crippen molar-refractivity contribution in [3.8, 4) is 6.07 Å². The van der Waals surface area contributed by atoms with Gasteiger partial charge in [-0.1, -0.05) is 6.07 Å². The van der Waals surface area contributed by atoms with Crippen LogP contribution in [0.2, 0.25) is 0 Å². The summed E-state index contributed by atoms with van der Waals surface area (Å²) in [5, 5.41) is 8.16. The van der Waals surface area contributed by atoms with E-state index in [1.807, 2.05) is 70.8 Å². The normalized spacial score (nSPS) is 23.5. The molecule has 11 heteroatoms. The maximum absolute atomic E-state index is 14.3. The average molecular weight is 544 g/mol. The zero-order valence-corrected chi connectivity index (χ0v) is 22.8.